The van der Waals surface area contributed by atoms with Crippen LogP contribution in [0.5, 0.6) is 5.75 Å². The molecular weight excluding hydrogens is 517 g/mol. The van der Waals surface area contributed by atoms with Gasteiger partial charge in [0.25, 0.3) is 0 Å². The number of hydrogen-bond donors (Lipinski definition) is 3. The van der Waals surface area contributed by atoms with E-state index in [1.807, 2.05) is 21.0 Å². The summed E-state index contributed by atoms with van der Waals surface area (Å²) < 4.78 is 28.8. The summed E-state index contributed by atoms with van der Waals surface area (Å²) in [5, 5.41) is 16.7. The Morgan fingerprint density at radius 1 is 1.13 bits per heavy atom. The van der Waals surface area contributed by atoms with Crippen molar-refractivity contribution in [3.8, 4) is 5.75 Å². The van der Waals surface area contributed by atoms with E-state index in [1.54, 1.807) is 12.1 Å². The van der Waals surface area contributed by atoms with E-state index in [4.69, 9.17) is 0 Å². The van der Waals surface area contributed by atoms with Gasteiger partial charge in [-0.15, -0.1) is 24.0 Å². The minimum Gasteiger partial charge on any atom is -0.435 e. The predicted molar refractivity (Wildman–Crippen MR) is 132 cm³/mol. The van der Waals surface area contributed by atoms with Gasteiger partial charge < -0.3 is 25.4 Å². The molecule has 1 unspecified atom stereocenters. The lowest BCUT2D eigenvalue weighted by Crippen LogP contribution is -2.39. The van der Waals surface area contributed by atoms with Crippen molar-refractivity contribution < 1.29 is 18.6 Å². The SMILES string of the molecule is CCNC(=NCc1ccc(C)cc1N(C)C)NCC(O)c1ccc(OC(F)F)cc1.I. The van der Waals surface area contributed by atoms with Gasteiger partial charge in [0.1, 0.15) is 5.75 Å². The van der Waals surface area contributed by atoms with Crippen molar-refractivity contribution in [2.24, 2.45) is 4.99 Å². The van der Waals surface area contributed by atoms with Gasteiger partial charge >= 0.3 is 6.61 Å². The number of guanidine groups is 1. The smallest absolute Gasteiger partial charge is 0.387 e. The van der Waals surface area contributed by atoms with E-state index in [1.165, 1.54) is 17.7 Å². The van der Waals surface area contributed by atoms with E-state index in [0.29, 0.717) is 24.6 Å². The van der Waals surface area contributed by atoms with E-state index in [-0.39, 0.29) is 36.3 Å². The lowest BCUT2D eigenvalue weighted by molar-refractivity contribution is -0.0498. The van der Waals surface area contributed by atoms with Crippen LogP contribution in [0.25, 0.3) is 0 Å². The average molecular weight is 548 g/mol. The van der Waals surface area contributed by atoms with Crippen molar-refractivity contribution in [1.29, 1.82) is 0 Å². The van der Waals surface area contributed by atoms with Crippen LogP contribution < -0.4 is 20.3 Å². The first-order chi connectivity index (χ1) is 14.3. The van der Waals surface area contributed by atoms with E-state index >= 15 is 0 Å². The molecule has 0 aromatic heterocycles. The molecule has 6 nitrogen and oxygen atoms in total. The maximum atomic E-state index is 12.2. The number of halogens is 3. The van der Waals surface area contributed by atoms with Crippen LogP contribution in [0.3, 0.4) is 0 Å². The van der Waals surface area contributed by atoms with Gasteiger partial charge in [-0.1, -0.05) is 24.3 Å². The minimum atomic E-state index is -2.87. The third-order valence-electron chi connectivity index (χ3n) is 4.43. The van der Waals surface area contributed by atoms with Crippen LogP contribution in [0.2, 0.25) is 0 Å². The van der Waals surface area contributed by atoms with Crippen molar-refractivity contribution in [1.82, 2.24) is 10.6 Å². The first kappa shape index (κ1) is 26.9. The predicted octanol–water partition coefficient (Wildman–Crippen LogP) is 4.07. The number of nitrogens with one attached hydrogen (secondary N) is 2. The summed E-state index contributed by atoms with van der Waals surface area (Å²) in [5.74, 6) is 0.637. The standard InChI is InChI=1S/C22H30F2N4O2.HI/c1-5-25-22(26-13-17-7-6-15(2)12-19(17)28(3)4)27-14-20(29)16-8-10-18(11-9-16)30-21(23)24;/h6-12,20-21,29H,5,13-14H2,1-4H3,(H2,25,26,27);1H. The van der Waals surface area contributed by atoms with E-state index in [0.717, 1.165) is 11.3 Å². The molecule has 3 N–H and O–H groups in total. The van der Waals surface area contributed by atoms with E-state index < -0.39 is 12.7 Å². The van der Waals surface area contributed by atoms with Gasteiger partial charge in [-0.3, -0.25) is 0 Å². The van der Waals surface area contributed by atoms with Gasteiger partial charge in [0, 0.05) is 32.9 Å². The number of alkyl halides is 2. The number of aryl methyl sites for hydroxylation is 1. The highest BCUT2D eigenvalue weighted by Gasteiger charge is 2.11. The van der Waals surface area contributed by atoms with Gasteiger partial charge in [-0.05, 0) is 48.7 Å². The minimum absolute atomic E-state index is 0. The molecule has 0 radical (unpaired) electrons. The molecule has 0 heterocycles. The Labute approximate surface area is 199 Å². The molecule has 0 fully saturated rings. The first-order valence-electron chi connectivity index (χ1n) is 9.82. The van der Waals surface area contributed by atoms with E-state index in [9.17, 15) is 13.9 Å². The molecule has 1 atom stereocenters. The van der Waals surface area contributed by atoms with Gasteiger partial charge in [0.2, 0.25) is 0 Å². The summed E-state index contributed by atoms with van der Waals surface area (Å²) >= 11 is 0. The topological polar surface area (TPSA) is 69.1 Å². The normalized spacial score (nSPS) is 12.2. The Bertz CT molecular complexity index is 833. The number of aliphatic hydroxyl groups is 1. The Balaban J connectivity index is 0.00000480. The summed E-state index contributed by atoms with van der Waals surface area (Å²) in [6.45, 7) is 2.53. The van der Waals surface area contributed by atoms with Gasteiger partial charge in [-0.2, -0.15) is 8.78 Å². The van der Waals surface area contributed by atoms with Crippen LogP contribution in [-0.2, 0) is 6.54 Å². The Kier molecular flexibility index (Phi) is 11.5. The van der Waals surface area contributed by atoms with Gasteiger partial charge in [0.15, 0.2) is 5.96 Å². The average Bonchev–Trinajstić information content (AvgIpc) is 2.70. The molecule has 2 aromatic carbocycles. The van der Waals surface area contributed by atoms with Crippen molar-refractivity contribution in [3.63, 3.8) is 0 Å². The highest BCUT2D eigenvalue weighted by molar-refractivity contribution is 14.0. The molecule has 0 amide bonds. The van der Waals surface area contributed by atoms with Crippen LogP contribution in [0.1, 0.15) is 29.7 Å². The van der Waals surface area contributed by atoms with Crippen molar-refractivity contribution in [2.75, 3.05) is 32.1 Å². The third kappa shape index (κ3) is 8.86. The second kappa shape index (κ2) is 13.3. The molecule has 2 rings (SSSR count). The Morgan fingerprint density at radius 2 is 1.81 bits per heavy atom. The number of aliphatic imine (C=N–C) groups is 1. The molecule has 0 aliphatic carbocycles. The highest BCUT2D eigenvalue weighted by Crippen LogP contribution is 2.21. The summed E-state index contributed by atoms with van der Waals surface area (Å²) in [6, 6.07) is 12.2. The first-order valence-corrected chi connectivity index (χ1v) is 9.82. The maximum absolute atomic E-state index is 12.2. The Morgan fingerprint density at radius 3 is 2.39 bits per heavy atom. The highest BCUT2D eigenvalue weighted by atomic mass is 127. The zero-order chi connectivity index (χ0) is 22.1. The molecule has 9 heteroatoms. The number of nitrogens with zero attached hydrogens (tertiary/aromatic N) is 2. The monoisotopic (exact) mass is 548 g/mol. The molecule has 0 saturated carbocycles. The third-order valence-corrected chi connectivity index (χ3v) is 4.43. The van der Waals surface area contributed by atoms with Crippen LogP contribution in [0.15, 0.2) is 47.5 Å². The fraction of sp³-hybridized carbons (Fsp3) is 0.409. The molecule has 0 saturated heterocycles. The van der Waals surface area contributed by atoms with Crippen LogP contribution in [0.4, 0.5) is 14.5 Å². The fourth-order valence-electron chi connectivity index (χ4n) is 2.91. The largest absolute Gasteiger partial charge is 0.435 e. The maximum Gasteiger partial charge on any atom is 0.387 e. The van der Waals surface area contributed by atoms with E-state index in [2.05, 4.69) is 50.4 Å². The summed E-state index contributed by atoms with van der Waals surface area (Å²) in [5.41, 5.74) is 3.98. The van der Waals surface area contributed by atoms with Crippen LogP contribution >= 0.6 is 24.0 Å². The van der Waals surface area contributed by atoms with Crippen molar-refractivity contribution in [3.05, 3.63) is 59.2 Å². The summed E-state index contributed by atoms with van der Waals surface area (Å²) in [4.78, 5) is 6.68. The molecule has 2 aromatic rings. The zero-order valence-corrected chi connectivity index (χ0v) is 20.6. The second-order valence-corrected chi connectivity index (χ2v) is 7.07. The molecular formula is C22H31F2IN4O2. The quantitative estimate of drug-likeness (QED) is 0.251. The number of ether oxygens (including phenoxy) is 1. The fourth-order valence-corrected chi connectivity index (χ4v) is 2.91. The second-order valence-electron chi connectivity index (χ2n) is 7.07. The van der Waals surface area contributed by atoms with Crippen LogP contribution in [0, 0.1) is 6.92 Å². The molecule has 0 spiro atoms. The Hall–Kier alpha value is -2.14. The van der Waals surface area contributed by atoms with Crippen LogP contribution in [-0.4, -0.2) is 44.9 Å². The number of anilines is 1. The molecule has 31 heavy (non-hydrogen) atoms. The number of benzene rings is 2. The number of aliphatic hydroxyl groups excluding tert-OH is 1. The van der Waals surface area contributed by atoms with Gasteiger partial charge in [-0.25, -0.2) is 4.99 Å². The number of hydrogen-bond acceptors (Lipinski definition) is 4. The summed E-state index contributed by atoms with van der Waals surface area (Å²) in [7, 11) is 4.00. The van der Waals surface area contributed by atoms with Crippen molar-refractivity contribution >= 4 is 35.6 Å². The number of rotatable bonds is 9. The lowest BCUT2D eigenvalue weighted by Gasteiger charge is -2.19. The molecule has 0 aliphatic heterocycles. The van der Waals surface area contributed by atoms with Crippen molar-refractivity contribution in [2.45, 2.75) is 33.1 Å². The summed E-state index contributed by atoms with van der Waals surface area (Å²) in [6.07, 6.45) is -0.828. The molecule has 172 valence electrons. The lowest BCUT2D eigenvalue weighted by atomic mass is 10.1. The molecule has 0 aliphatic rings. The zero-order valence-electron chi connectivity index (χ0n) is 18.2. The van der Waals surface area contributed by atoms with Gasteiger partial charge in [0.05, 0.1) is 12.6 Å². The molecule has 0 bridgehead atoms.